The number of fused-ring (bicyclic) bond motifs is 2. The quantitative estimate of drug-likeness (QED) is 0.555. The first-order chi connectivity index (χ1) is 14.1. The second-order valence-electron chi connectivity index (χ2n) is 6.93. The predicted molar refractivity (Wildman–Crippen MR) is 106 cm³/mol. The lowest BCUT2D eigenvalue weighted by atomic mass is 10.0. The van der Waals surface area contributed by atoms with Crippen LogP contribution in [-0.2, 0) is 12.8 Å². The molecule has 146 valence electrons. The van der Waals surface area contributed by atoms with Crippen LogP contribution in [0.25, 0.3) is 17.2 Å². The second-order valence-corrected chi connectivity index (χ2v) is 7.37. The largest absolute Gasteiger partial charge is 0.344 e. The van der Waals surface area contributed by atoms with Crippen LogP contribution in [0.5, 0.6) is 0 Å². The van der Waals surface area contributed by atoms with Gasteiger partial charge in [0.2, 0.25) is 17.5 Å². The third-order valence-corrected chi connectivity index (χ3v) is 5.32. The molecule has 9 heteroatoms. The average molecular weight is 409 g/mol. The molecular weight excluding hydrogens is 392 g/mol. The maximum absolute atomic E-state index is 12.8. The van der Waals surface area contributed by atoms with Gasteiger partial charge in [0.25, 0.3) is 5.91 Å². The molecule has 0 unspecified atom stereocenters. The Morgan fingerprint density at radius 1 is 1.34 bits per heavy atom. The zero-order valence-corrected chi connectivity index (χ0v) is 16.3. The van der Waals surface area contributed by atoms with Gasteiger partial charge in [0.15, 0.2) is 0 Å². The van der Waals surface area contributed by atoms with Gasteiger partial charge >= 0.3 is 0 Å². The molecule has 0 saturated carbocycles. The number of carbonyl (C=O) groups excluding carboxylic acids is 1. The molecule has 1 aliphatic rings. The summed E-state index contributed by atoms with van der Waals surface area (Å²) in [7, 11) is 0. The van der Waals surface area contributed by atoms with Crippen LogP contribution < -0.4 is 5.32 Å². The molecule has 1 N–H and O–H groups in total. The number of amides is 1. The lowest BCUT2D eigenvalue weighted by molar-refractivity contribution is 0.0930. The molecule has 0 aliphatic heterocycles. The first-order valence-electron chi connectivity index (χ1n) is 9.37. The Hall–Kier alpha value is -3.26. The standard InChI is InChI=1S/C20H17ClN6O2/c1-2-17-25-18(26-29-17)12-3-5-14-11(7-12)4-6-15(14)24-19(28)16-9-23-20-22-8-13(21)10-27(16)20/h3,5,7-10,15H,2,4,6H2,1H3,(H,24,28)/t15-/m1/s1. The molecule has 3 aromatic heterocycles. The van der Waals surface area contributed by atoms with Gasteiger partial charge in [-0.25, -0.2) is 9.97 Å². The Bertz CT molecular complexity index is 1230. The van der Waals surface area contributed by atoms with Crippen molar-refractivity contribution in [3.63, 3.8) is 0 Å². The predicted octanol–water partition coefficient (Wildman–Crippen LogP) is 3.41. The highest BCUT2D eigenvalue weighted by Gasteiger charge is 2.26. The van der Waals surface area contributed by atoms with E-state index < -0.39 is 0 Å². The number of nitrogens with one attached hydrogen (secondary N) is 1. The fourth-order valence-electron chi connectivity index (χ4n) is 3.67. The molecule has 29 heavy (non-hydrogen) atoms. The molecule has 8 nitrogen and oxygen atoms in total. The van der Waals surface area contributed by atoms with Crippen LogP contribution in [-0.4, -0.2) is 30.4 Å². The highest BCUT2D eigenvalue weighted by Crippen LogP contribution is 2.34. The Balaban J connectivity index is 1.39. The number of aromatic nitrogens is 5. The van der Waals surface area contributed by atoms with Gasteiger partial charge in [0.1, 0.15) is 5.69 Å². The molecule has 1 aromatic carbocycles. The summed E-state index contributed by atoms with van der Waals surface area (Å²) in [5.41, 5.74) is 3.60. The maximum atomic E-state index is 12.8. The minimum Gasteiger partial charge on any atom is -0.344 e. The molecular formula is C20H17ClN6O2. The maximum Gasteiger partial charge on any atom is 0.270 e. The summed E-state index contributed by atoms with van der Waals surface area (Å²) < 4.78 is 6.80. The van der Waals surface area contributed by atoms with Gasteiger partial charge in [0.05, 0.1) is 23.5 Å². The van der Waals surface area contributed by atoms with Crippen LogP contribution in [0.4, 0.5) is 0 Å². The smallest absolute Gasteiger partial charge is 0.270 e. The number of halogens is 1. The number of nitrogens with zero attached hydrogens (tertiary/aromatic N) is 5. The third kappa shape index (κ3) is 3.15. The molecule has 0 bridgehead atoms. The van der Waals surface area contributed by atoms with Crippen molar-refractivity contribution >= 4 is 23.3 Å². The SMILES string of the molecule is CCc1nc(-c2ccc3c(c2)CC[C@H]3NC(=O)c2cnc3ncc(Cl)cn23)no1. The van der Waals surface area contributed by atoms with E-state index in [0.29, 0.717) is 34.6 Å². The molecule has 1 aliphatic carbocycles. The van der Waals surface area contributed by atoms with E-state index in [9.17, 15) is 4.79 Å². The zero-order valence-electron chi connectivity index (χ0n) is 15.6. The number of hydrogen-bond acceptors (Lipinski definition) is 6. The van der Waals surface area contributed by atoms with Crippen LogP contribution in [0.2, 0.25) is 5.02 Å². The number of imidazole rings is 1. The van der Waals surface area contributed by atoms with E-state index in [4.69, 9.17) is 16.1 Å². The number of rotatable bonds is 4. The summed E-state index contributed by atoms with van der Waals surface area (Å²) in [6.07, 6.45) is 7.05. The van der Waals surface area contributed by atoms with Gasteiger partial charge in [-0.15, -0.1) is 0 Å². The van der Waals surface area contributed by atoms with Crippen LogP contribution >= 0.6 is 11.6 Å². The van der Waals surface area contributed by atoms with Gasteiger partial charge in [-0.1, -0.05) is 35.8 Å². The second kappa shape index (κ2) is 6.97. The van der Waals surface area contributed by atoms with Crippen molar-refractivity contribution in [2.24, 2.45) is 0 Å². The summed E-state index contributed by atoms with van der Waals surface area (Å²) in [5, 5.41) is 7.58. The fourth-order valence-corrected chi connectivity index (χ4v) is 3.82. The molecule has 0 spiro atoms. The highest BCUT2D eigenvalue weighted by atomic mass is 35.5. The average Bonchev–Trinajstić information content (AvgIpc) is 3.45. The lowest BCUT2D eigenvalue weighted by Gasteiger charge is -2.14. The van der Waals surface area contributed by atoms with E-state index in [1.54, 1.807) is 10.6 Å². The monoisotopic (exact) mass is 408 g/mol. The van der Waals surface area contributed by atoms with E-state index in [-0.39, 0.29) is 11.9 Å². The van der Waals surface area contributed by atoms with Crippen LogP contribution in [0.15, 0.2) is 41.3 Å². The Kier molecular flexibility index (Phi) is 4.28. The zero-order chi connectivity index (χ0) is 20.0. The first-order valence-corrected chi connectivity index (χ1v) is 9.75. The number of hydrogen-bond donors (Lipinski definition) is 1. The molecule has 3 heterocycles. The summed E-state index contributed by atoms with van der Waals surface area (Å²) in [5.74, 6) is 1.43. The van der Waals surface area contributed by atoms with E-state index in [1.165, 1.54) is 18.0 Å². The molecule has 5 rings (SSSR count). The molecule has 1 amide bonds. The highest BCUT2D eigenvalue weighted by molar-refractivity contribution is 6.30. The van der Waals surface area contributed by atoms with Gasteiger partial charge < -0.3 is 9.84 Å². The summed E-state index contributed by atoms with van der Waals surface area (Å²) in [6.45, 7) is 1.97. The van der Waals surface area contributed by atoms with E-state index in [2.05, 4.69) is 31.5 Å². The molecule has 0 saturated heterocycles. The minimum absolute atomic E-state index is 0.0688. The topological polar surface area (TPSA) is 98.2 Å². The van der Waals surface area contributed by atoms with Crippen molar-refractivity contribution in [3.05, 3.63) is 64.5 Å². The van der Waals surface area contributed by atoms with Crippen LogP contribution in [0.3, 0.4) is 0 Å². The van der Waals surface area contributed by atoms with Crippen LogP contribution in [0, 0.1) is 0 Å². The van der Waals surface area contributed by atoms with Gasteiger partial charge in [-0.3, -0.25) is 9.20 Å². The molecule has 0 fully saturated rings. The van der Waals surface area contributed by atoms with Gasteiger partial charge in [0, 0.05) is 18.2 Å². The molecule has 1 atom stereocenters. The van der Waals surface area contributed by atoms with E-state index >= 15 is 0 Å². The van der Waals surface area contributed by atoms with Gasteiger partial charge in [-0.05, 0) is 30.0 Å². The Morgan fingerprint density at radius 2 is 2.21 bits per heavy atom. The van der Waals surface area contributed by atoms with Crippen LogP contribution in [0.1, 0.15) is 46.9 Å². The summed E-state index contributed by atoms with van der Waals surface area (Å²) >= 11 is 6.01. The summed E-state index contributed by atoms with van der Waals surface area (Å²) in [4.78, 5) is 25.5. The molecule has 0 radical (unpaired) electrons. The minimum atomic E-state index is -0.214. The number of benzene rings is 1. The fraction of sp³-hybridized carbons (Fsp3) is 0.250. The van der Waals surface area contributed by atoms with Crippen molar-refractivity contribution < 1.29 is 9.32 Å². The third-order valence-electron chi connectivity index (χ3n) is 5.12. The van der Waals surface area contributed by atoms with Crippen molar-refractivity contribution in [2.45, 2.75) is 32.2 Å². The van der Waals surface area contributed by atoms with E-state index in [1.807, 2.05) is 19.1 Å². The van der Waals surface area contributed by atoms with Crippen molar-refractivity contribution in [1.29, 1.82) is 0 Å². The number of carbonyl (C=O) groups is 1. The van der Waals surface area contributed by atoms with E-state index in [0.717, 1.165) is 24.0 Å². The van der Waals surface area contributed by atoms with Crippen molar-refractivity contribution in [2.75, 3.05) is 0 Å². The lowest BCUT2D eigenvalue weighted by Crippen LogP contribution is -2.28. The first kappa shape index (κ1) is 17.8. The normalized spacial score (nSPS) is 15.6. The van der Waals surface area contributed by atoms with Crippen molar-refractivity contribution in [1.82, 2.24) is 29.8 Å². The Labute approximate surface area is 170 Å². The Morgan fingerprint density at radius 3 is 3.03 bits per heavy atom. The molecule has 4 aromatic rings. The van der Waals surface area contributed by atoms with Crippen molar-refractivity contribution in [3.8, 4) is 11.4 Å². The number of aryl methyl sites for hydroxylation is 2. The van der Waals surface area contributed by atoms with Gasteiger partial charge in [-0.2, -0.15) is 4.98 Å². The summed E-state index contributed by atoms with van der Waals surface area (Å²) in [6, 6.07) is 5.99.